The van der Waals surface area contributed by atoms with E-state index in [0.29, 0.717) is 26.2 Å². The summed E-state index contributed by atoms with van der Waals surface area (Å²) in [5.74, 6) is 0.288. The predicted octanol–water partition coefficient (Wildman–Crippen LogP) is 2.73. The van der Waals surface area contributed by atoms with E-state index in [1.807, 2.05) is 20.8 Å². The minimum absolute atomic E-state index is 0.158. The number of rotatable bonds is 1. The third-order valence-electron chi connectivity index (χ3n) is 3.45. The van der Waals surface area contributed by atoms with Crippen LogP contribution in [0.25, 0.3) is 0 Å². The highest BCUT2D eigenvalue weighted by Gasteiger charge is 2.32. The summed E-state index contributed by atoms with van der Waals surface area (Å²) >= 11 is 0. The molecule has 23 heavy (non-hydrogen) atoms. The van der Waals surface area contributed by atoms with Gasteiger partial charge < -0.3 is 15.1 Å². The van der Waals surface area contributed by atoms with Crippen LogP contribution in [0.2, 0.25) is 0 Å². The lowest BCUT2D eigenvalue weighted by atomic mass is 10.1. The van der Waals surface area contributed by atoms with Crippen molar-refractivity contribution >= 4 is 11.8 Å². The van der Waals surface area contributed by atoms with E-state index in [1.165, 1.54) is 0 Å². The molecule has 2 rings (SSSR count). The maximum atomic E-state index is 12.8. The first-order chi connectivity index (χ1) is 10.6. The summed E-state index contributed by atoms with van der Waals surface area (Å²) in [5, 5.41) is 2.88. The van der Waals surface area contributed by atoms with Gasteiger partial charge in [-0.3, -0.25) is 0 Å². The second-order valence-corrected chi connectivity index (χ2v) is 6.55. The van der Waals surface area contributed by atoms with Crippen LogP contribution in [0.4, 0.5) is 23.8 Å². The van der Waals surface area contributed by atoms with E-state index in [-0.39, 0.29) is 17.4 Å². The SMILES string of the molecule is CC(C)(C)NC(=O)N1CCN(c2cc(C(F)(F)F)ccn2)CC1. The molecule has 0 atom stereocenters. The van der Waals surface area contributed by atoms with Gasteiger partial charge in [-0.25, -0.2) is 9.78 Å². The first-order valence-electron chi connectivity index (χ1n) is 7.41. The Morgan fingerprint density at radius 1 is 1.17 bits per heavy atom. The summed E-state index contributed by atoms with van der Waals surface area (Å²) in [7, 11) is 0. The predicted molar refractivity (Wildman–Crippen MR) is 81.3 cm³/mol. The van der Waals surface area contributed by atoms with Gasteiger partial charge in [-0.15, -0.1) is 0 Å². The molecule has 1 fully saturated rings. The lowest BCUT2D eigenvalue weighted by Gasteiger charge is -2.37. The number of hydrogen-bond donors (Lipinski definition) is 1. The Hall–Kier alpha value is -1.99. The third-order valence-corrected chi connectivity index (χ3v) is 3.45. The molecule has 0 radical (unpaired) electrons. The smallest absolute Gasteiger partial charge is 0.353 e. The van der Waals surface area contributed by atoms with E-state index < -0.39 is 11.7 Å². The fourth-order valence-corrected chi connectivity index (χ4v) is 2.31. The molecule has 8 heteroatoms. The second kappa shape index (κ2) is 6.25. The summed E-state index contributed by atoms with van der Waals surface area (Å²) in [6.45, 7) is 7.48. The molecule has 0 spiro atoms. The van der Waals surface area contributed by atoms with Gasteiger partial charge in [0.25, 0.3) is 0 Å². The van der Waals surface area contributed by atoms with Gasteiger partial charge in [-0.05, 0) is 32.9 Å². The van der Waals surface area contributed by atoms with E-state index in [9.17, 15) is 18.0 Å². The maximum Gasteiger partial charge on any atom is 0.416 e. The molecule has 0 bridgehead atoms. The zero-order valence-electron chi connectivity index (χ0n) is 13.4. The normalized spacial score (nSPS) is 16.4. The van der Waals surface area contributed by atoms with Crippen LogP contribution in [0.1, 0.15) is 26.3 Å². The van der Waals surface area contributed by atoms with Crippen molar-refractivity contribution in [2.24, 2.45) is 0 Å². The van der Waals surface area contributed by atoms with Crippen LogP contribution in [0, 0.1) is 0 Å². The molecule has 1 aliphatic rings. The number of carbonyl (C=O) groups is 1. The Bertz CT molecular complexity index is 561. The van der Waals surface area contributed by atoms with Crippen molar-refractivity contribution in [3.8, 4) is 0 Å². The molecule has 5 nitrogen and oxygen atoms in total. The van der Waals surface area contributed by atoms with Gasteiger partial charge in [0, 0.05) is 37.9 Å². The van der Waals surface area contributed by atoms with Crippen molar-refractivity contribution in [2.75, 3.05) is 31.1 Å². The molecule has 0 unspecified atom stereocenters. The van der Waals surface area contributed by atoms with Crippen molar-refractivity contribution in [1.29, 1.82) is 0 Å². The number of halogens is 3. The topological polar surface area (TPSA) is 48.5 Å². The average Bonchev–Trinajstić information content (AvgIpc) is 2.45. The molecule has 1 aromatic heterocycles. The molecule has 1 aromatic rings. The molecular weight excluding hydrogens is 309 g/mol. The quantitative estimate of drug-likeness (QED) is 0.861. The summed E-state index contributed by atoms with van der Waals surface area (Å²) in [6.07, 6.45) is -3.22. The molecule has 0 aromatic carbocycles. The zero-order valence-corrected chi connectivity index (χ0v) is 13.4. The largest absolute Gasteiger partial charge is 0.416 e. The molecule has 0 saturated carbocycles. The van der Waals surface area contributed by atoms with E-state index in [2.05, 4.69) is 10.3 Å². The van der Waals surface area contributed by atoms with Gasteiger partial charge in [0.1, 0.15) is 5.82 Å². The number of piperazine rings is 1. The number of carbonyl (C=O) groups excluding carboxylic acids is 1. The number of pyridine rings is 1. The fourth-order valence-electron chi connectivity index (χ4n) is 2.31. The first-order valence-corrected chi connectivity index (χ1v) is 7.41. The van der Waals surface area contributed by atoms with Crippen LogP contribution in [-0.4, -0.2) is 47.6 Å². The molecule has 2 heterocycles. The summed E-state index contributed by atoms with van der Waals surface area (Å²) < 4.78 is 38.3. The van der Waals surface area contributed by atoms with Crippen LogP contribution in [0.5, 0.6) is 0 Å². The average molecular weight is 330 g/mol. The molecule has 1 N–H and O–H groups in total. The van der Waals surface area contributed by atoms with Gasteiger partial charge in [0.05, 0.1) is 5.56 Å². The molecule has 128 valence electrons. The van der Waals surface area contributed by atoms with Crippen LogP contribution < -0.4 is 10.2 Å². The lowest BCUT2D eigenvalue weighted by Crippen LogP contribution is -2.55. The molecule has 2 amide bonds. The summed E-state index contributed by atoms with van der Waals surface area (Å²) in [6, 6.07) is 1.84. The van der Waals surface area contributed by atoms with E-state index in [4.69, 9.17) is 0 Å². The molecule has 1 saturated heterocycles. The summed E-state index contributed by atoms with van der Waals surface area (Å²) in [4.78, 5) is 19.5. The number of anilines is 1. The van der Waals surface area contributed by atoms with Gasteiger partial charge in [-0.2, -0.15) is 13.2 Å². The van der Waals surface area contributed by atoms with Crippen LogP contribution in [-0.2, 0) is 6.18 Å². The minimum atomic E-state index is -4.38. The number of amides is 2. The Morgan fingerprint density at radius 2 is 1.78 bits per heavy atom. The Labute approximate surface area is 133 Å². The zero-order chi connectivity index (χ0) is 17.3. The van der Waals surface area contributed by atoms with Gasteiger partial charge >= 0.3 is 12.2 Å². The highest BCUT2D eigenvalue weighted by atomic mass is 19.4. The number of hydrogen-bond acceptors (Lipinski definition) is 3. The van der Waals surface area contributed by atoms with Gasteiger partial charge in [0.15, 0.2) is 0 Å². The fraction of sp³-hybridized carbons (Fsp3) is 0.600. The van der Waals surface area contributed by atoms with Crippen LogP contribution in [0.3, 0.4) is 0 Å². The van der Waals surface area contributed by atoms with E-state index >= 15 is 0 Å². The van der Waals surface area contributed by atoms with Crippen molar-refractivity contribution < 1.29 is 18.0 Å². The first kappa shape index (κ1) is 17.4. The van der Waals surface area contributed by atoms with Crippen molar-refractivity contribution in [1.82, 2.24) is 15.2 Å². The van der Waals surface area contributed by atoms with Crippen molar-refractivity contribution in [3.63, 3.8) is 0 Å². The summed E-state index contributed by atoms with van der Waals surface area (Å²) in [5.41, 5.74) is -1.04. The monoisotopic (exact) mass is 330 g/mol. The Balaban J connectivity index is 1.98. The molecular formula is C15H21F3N4O. The van der Waals surface area contributed by atoms with Gasteiger partial charge in [-0.1, -0.05) is 0 Å². The molecule has 1 aliphatic heterocycles. The number of nitrogens with zero attached hydrogens (tertiary/aromatic N) is 3. The number of alkyl halides is 3. The highest BCUT2D eigenvalue weighted by Crippen LogP contribution is 2.30. The van der Waals surface area contributed by atoms with Crippen LogP contribution >= 0.6 is 0 Å². The second-order valence-electron chi connectivity index (χ2n) is 6.55. The lowest BCUT2D eigenvalue weighted by molar-refractivity contribution is -0.137. The minimum Gasteiger partial charge on any atom is -0.353 e. The Morgan fingerprint density at radius 3 is 2.30 bits per heavy atom. The van der Waals surface area contributed by atoms with Crippen molar-refractivity contribution in [3.05, 3.63) is 23.9 Å². The number of aromatic nitrogens is 1. The van der Waals surface area contributed by atoms with E-state index in [1.54, 1.807) is 9.80 Å². The standard InChI is InChI=1S/C15H21F3N4O/c1-14(2,3)20-13(23)22-8-6-21(7-9-22)12-10-11(4-5-19-12)15(16,17)18/h4-5,10H,6-9H2,1-3H3,(H,20,23). The maximum absolute atomic E-state index is 12.8. The number of nitrogens with one attached hydrogen (secondary N) is 1. The van der Waals surface area contributed by atoms with E-state index in [0.717, 1.165) is 18.3 Å². The molecule has 0 aliphatic carbocycles. The highest BCUT2D eigenvalue weighted by molar-refractivity contribution is 5.75. The third kappa shape index (κ3) is 4.74. The van der Waals surface area contributed by atoms with Crippen LogP contribution in [0.15, 0.2) is 18.3 Å². The van der Waals surface area contributed by atoms with Crippen molar-refractivity contribution in [2.45, 2.75) is 32.5 Å². The van der Waals surface area contributed by atoms with Gasteiger partial charge in [0.2, 0.25) is 0 Å². The Kier molecular flexibility index (Phi) is 4.72. The number of urea groups is 1.